The minimum atomic E-state index is 0.108. The Morgan fingerprint density at radius 3 is 2.83 bits per heavy atom. The molecule has 1 amide bonds. The second-order valence-electron chi connectivity index (χ2n) is 4.78. The fourth-order valence-corrected chi connectivity index (χ4v) is 2.76. The summed E-state index contributed by atoms with van der Waals surface area (Å²) in [6.07, 6.45) is 4.77. The van der Waals surface area contributed by atoms with Crippen LogP contribution in [0.5, 0.6) is 0 Å². The Labute approximate surface area is 116 Å². The molecule has 0 aromatic heterocycles. The van der Waals surface area contributed by atoms with E-state index >= 15 is 0 Å². The van der Waals surface area contributed by atoms with E-state index in [1.807, 2.05) is 18.2 Å². The average Bonchev–Trinajstić information content (AvgIpc) is 2.82. The van der Waals surface area contributed by atoms with Gasteiger partial charge in [0.25, 0.3) is 0 Å². The molecule has 0 radical (unpaired) electrons. The van der Waals surface area contributed by atoms with Crippen LogP contribution >= 0.6 is 15.9 Å². The number of halogens is 1. The molecule has 1 aliphatic rings. The fourth-order valence-electron chi connectivity index (χ4n) is 2.32. The topological polar surface area (TPSA) is 41.1 Å². The molecular formula is C14H19BrN2O. The van der Waals surface area contributed by atoms with Crippen LogP contribution in [0, 0.1) is 0 Å². The van der Waals surface area contributed by atoms with Gasteiger partial charge < -0.3 is 10.6 Å². The van der Waals surface area contributed by atoms with Crippen LogP contribution in [0.2, 0.25) is 0 Å². The van der Waals surface area contributed by atoms with Crippen LogP contribution in [0.4, 0.5) is 0 Å². The summed E-state index contributed by atoms with van der Waals surface area (Å²) in [5, 5.41) is 6.24. The summed E-state index contributed by atoms with van der Waals surface area (Å²) in [5.41, 5.74) is 1.18. The molecule has 1 aromatic carbocycles. The molecule has 1 fully saturated rings. The van der Waals surface area contributed by atoms with Crippen molar-refractivity contribution in [3.05, 3.63) is 34.3 Å². The predicted octanol–water partition coefficient (Wildman–Crippen LogP) is 2.60. The van der Waals surface area contributed by atoms with E-state index in [-0.39, 0.29) is 5.91 Å². The summed E-state index contributed by atoms with van der Waals surface area (Å²) >= 11 is 3.43. The molecule has 3 nitrogen and oxygen atoms in total. The summed E-state index contributed by atoms with van der Waals surface area (Å²) in [6, 6.07) is 8.51. The molecule has 1 saturated carbocycles. The lowest BCUT2D eigenvalue weighted by Gasteiger charge is -2.12. The molecule has 98 valence electrons. The van der Waals surface area contributed by atoms with Gasteiger partial charge in [-0.1, -0.05) is 40.9 Å². The van der Waals surface area contributed by atoms with Crippen molar-refractivity contribution < 1.29 is 4.79 Å². The SMILES string of the molecule is O=C(CNCc1cccc(Br)c1)NC1CCCC1. The first-order valence-corrected chi connectivity index (χ1v) is 7.28. The van der Waals surface area contributed by atoms with Gasteiger partial charge in [-0.15, -0.1) is 0 Å². The molecule has 2 N–H and O–H groups in total. The van der Waals surface area contributed by atoms with E-state index < -0.39 is 0 Å². The second-order valence-corrected chi connectivity index (χ2v) is 5.70. The Balaban J connectivity index is 1.66. The third-order valence-electron chi connectivity index (χ3n) is 3.22. The maximum absolute atomic E-state index is 11.7. The zero-order valence-electron chi connectivity index (χ0n) is 10.4. The average molecular weight is 311 g/mol. The smallest absolute Gasteiger partial charge is 0.234 e. The lowest BCUT2D eigenvalue weighted by Crippen LogP contribution is -2.38. The maximum atomic E-state index is 11.7. The first kappa shape index (κ1) is 13.6. The van der Waals surface area contributed by atoms with E-state index in [0.29, 0.717) is 12.6 Å². The van der Waals surface area contributed by atoms with E-state index in [4.69, 9.17) is 0 Å². The van der Waals surface area contributed by atoms with E-state index in [2.05, 4.69) is 32.6 Å². The van der Waals surface area contributed by atoms with E-state index in [1.165, 1.54) is 18.4 Å². The van der Waals surface area contributed by atoms with Gasteiger partial charge in [0.2, 0.25) is 5.91 Å². The van der Waals surface area contributed by atoms with Crippen molar-refractivity contribution in [1.82, 2.24) is 10.6 Å². The van der Waals surface area contributed by atoms with Crippen LogP contribution in [0.1, 0.15) is 31.2 Å². The Morgan fingerprint density at radius 1 is 1.33 bits per heavy atom. The van der Waals surface area contributed by atoms with Gasteiger partial charge in [-0.2, -0.15) is 0 Å². The molecule has 18 heavy (non-hydrogen) atoms. The number of carbonyl (C=O) groups excluding carboxylic acids is 1. The number of nitrogens with one attached hydrogen (secondary N) is 2. The number of carbonyl (C=O) groups is 1. The van der Waals surface area contributed by atoms with Crippen molar-refractivity contribution in [2.75, 3.05) is 6.54 Å². The van der Waals surface area contributed by atoms with Gasteiger partial charge in [0, 0.05) is 17.1 Å². The summed E-state index contributed by atoms with van der Waals surface area (Å²) in [7, 11) is 0. The van der Waals surface area contributed by atoms with Gasteiger partial charge in [-0.25, -0.2) is 0 Å². The van der Waals surface area contributed by atoms with Crippen LogP contribution in [0.3, 0.4) is 0 Å². The quantitative estimate of drug-likeness (QED) is 0.877. The van der Waals surface area contributed by atoms with E-state index in [1.54, 1.807) is 0 Å². The van der Waals surface area contributed by atoms with Gasteiger partial charge in [-0.3, -0.25) is 4.79 Å². The molecule has 0 atom stereocenters. The van der Waals surface area contributed by atoms with Gasteiger partial charge in [0.1, 0.15) is 0 Å². The van der Waals surface area contributed by atoms with Crippen LogP contribution in [-0.2, 0) is 11.3 Å². The number of rotatable bonds is 5. The molecule has 2 rings (SSSR count). The highest BCUT2D eigenvalue weighted by Gasteiger charge is 2.16. The third-order valence-corrected chi connectivity index (χ3v) is 3.72. The fraction of sp³-hybridized carbons (Fsp3) is 0.500. The highest BCUT2D eigenvalue weighted by Crippen LogP contribution is 2.17. The molecule has 0 saturated heterocycles. The van der Waals surface area contributed by atoms with Crippen molar-refractivity contribution in [3.8, 4) is 0 Å². The first-order chi connectivity index (χ1) is 8.74. The van der Waals surface area contributed by atoms with E-state index in [0.717, 1.165) is 23.9 Å². The van der Waals surface area contributed by atoms with Gasteiger partial charge in [0.05, 0.1) is 6.54 Å². The summed E-state index contributed by atoms with van der Waals surface area (Å²) in [5.74, 6) is 0.108. The molecule has 1 aliphatic carbocycles. The molecule has 0 bridgehead atoms. The minimum absolute atomic E-state index is 0.108. The lowest BCUT2D eigenvalue weighted by atomic mass is 10.2. The highest BCUT2D eigenvalue weighted by atomic mass is 79.9. The number of benzene rings is 1. The van der Waals surface area contributed by atoms with E-state index in [9.17, 15) is 4.79 Å². The second kappa shape index (κ2) is 6.90. The highest BCUT2D eigenvalue weighted by molar-refractivity contribution is 9.10. The van der Waals surface area contributed by atoms with Crippen molar-refractivity contribution in [2.45, 2.75) is 38.3 Å². The Kier molecular flexibility index (Phi) is 5.20. The van der Waals surface area contributed by atoms with Crippen LogP contribution < -0.4 is 10.6 Å². The first-order valence-electron chi connectivity index (χ1n) is 6.48. The summed E-state index contributed by atoms with van der Waals surface area (Å²) in [4.78, 5) is 11.7. The van der Waals surface area contributed by atoms with Gasteiger partial charge >= 0.3 is 0 Å². The molecule has 1 aromatic rings. The standard InChI is InChI=1S/C14H19BrN2O/c15-12-5-3-4-11(8-12)9-16-10-14(18)17-13-6-1-2-7-13/h3-5,8,13,16H,1-2,6-7,9-10H2,(H,17,18). The van der Waals surface area contributed by atoms with Crippen LogP contribution in [0.15, 0.2) is 28.7 Å². The molecule has 0 heterocycles. The van der Waals surface area contributed by atoms with Crippen LogP contribution in [0.25, 0.3) is 0 Å². The largest absolute Gasteiger partial charge is 0.352 e. The van der Waals surface area contributed by atoms with Crippen molar-refractivity contribution in [2.24, 2.45) is 0 Å². The molecule has 0 unspecified atom stereocenters. The molecule has 0 aliphatic heterocycles. The molecule has 4 heteroatoms. The van der Waals surface area contributed by atoms with Crippen molar-refractivity contribution in [1.29, 1.82) is 0 Å². The normalized spacial score (nSPS) is 15.8. The molecular weight excluding hydrogens is 292 g/mol. The van der Waals surface area contributed by atoms with Crippen molar-refractivity contribution >= 4 is 21.8 Å². The Morgan fingerprint density at radius 2 is 2.11 bits per heavy atom. The van der Waals surface area contributed by atoms with Gasteiger partial charge in [0.15, 0.2) is 0 Å². The number of hydrogen-bond donors (Lipinski definition) is 2. The molecule has 0 spiro atoms. The number of amides is 1. The Bertz CT molecular complexity index is 403. The van der Waals surface area contributed by atoms with Crippen LogP contribution in [-0.4, -0.2) is 18.5 Å². The minimum Gasteiger partial charge on any atom is -0.352 e. The summed E-state index contributed by atoms with van der Waals surface area (Å²) in [6.45, 7) is 1.11. The van der Waals surface area contributed by atoms with Gasteiger partial charge in [-0.05, 0) is 30.5 Å². The monoisotopic (exact) mass is 310 g/mol. The maximum Gasteiger partial charge on any atom is 0.234 e. The number of hydrogen-bond acceptors (Lipinski definition) is 2. The zero-order chi connectivity index (χ0) is 12.8. The summed E-state index contributed by atoms with van der Waals surface area (Å²) < 4.78 is 1.07. The third kappa shape index (κ3) is 4.42. The lowest BCUT2D eigenvalue weighted by molar-refractivity contribution is -0.120. The Hall–Kier alpha value is -0.870. The zero-order valence-corrected chi connectivity index (χ0v) is 12.0. The van der Waals surface area contributed by atoms with Crippen molar-refractivity contribution in [3.63, 3.8) is 0 Å². The predicted molar refractivity (Wildman–Crippen MR) is 76.2 cm³/mol.